The Morgan fingerprint density at radius 2 is 1.49 bits per heavy atom. The highest BCUT2D eigenvalue weighted by Gasteiger charge is 2.67. The summed E-state index contributed by atoms with van der Waals surface area (Å²) in [5.41, 5.74) is -2.51. The van der Waals surface area contributed by atoms with Gasteiger partial charge in [-0.15, -0.1) is 0 Å². The molecule has 3 aromatic heterocycles. The summed E-state index contributed by atoms with van der Waals surface area (Å²) in [7, 11) is 2.00. The van der Waals surface area contributed by atoms with Gasteiger partial charge in [0.25, 0.3) is 17.9 Å². The minimum atomic E-state index is -3.14. The van der Waals surface area contributed by atoms with Crippen LogP contribution in [0.2, 0.25) is 18.7 Å². The first-order chi connectivity index (χ1) is 39.3. The van der Waals surface area contributed by atoms with E-state index in [4.69, 9.17) is 22.0 Å². The number of carbonyl (C=O) groups excluding carboxylic acids is 2. The first-order valence-electron chi connectivity index (χ1n) is 28.7. The van der Waals surface area contributed by atoms with E-state index in [-0.39, 0.29) is 94.3 Å². The number of ketones is 2. The van der Waals surface area contributed by atoms with Crippen LogP contribution in [0.5, 0.6) is 0 Å². The smallest absolute Gasteiger partial charge is 0.293 e. The number of nitrogens with one attached hydrogen (secondary N) is 2. The predicted molar refractivity (Wildman–Crippen MR) is 308 cm³/mol. The highest BCUT2D eigenvalue weighted by atomic mass is 35.5. The van der Waals surface area contributed by atoms with Crippen LogP contribution in [0.15, 0.2) is 41.2 Å². The van der Waals surface area contributed by atoms with Gasteiger partial charge < -0.3 is 10.7 Å². The van der Waals surface area contributed by atoms with Gasteiger partial charge in [-0.05, 0) is 125 Å². The second-order valence-corrected chi connectivity index (χ2v) is 23.3. The quantitative estimate of drug-likeness (QED) is 0.0424. The molecule has 84 heavy (non-hydrogen) atoms. The molecule has 23 heteroatoms. The summed E-state index contributed by atoms with van der Waals surface area (Å²) in [6.07, 6.45) is -3.77. The molecule has 2 aromatic carbocycles. The van der Waals surface area contributed by atoms with Crippen LogP contribution in [0, 0.1) is 41.7 Å². The van der Waals surface area contributed by atoms with Gasteiger partial charge in [0, 0.05) is 54.0 Å². The lowest BCUT2D eigenvalue weighted by atomic mass is 9.81. The molecule has 2 saturated carbocycles. The molecule has 3 aliphatic carbocycles. The average Bonchev–Trinajstić information content (AvgIpc) is 1.69. The summed E-state index contributed by atoms with van der Waals surface area (Å²) in [5, 5.41) is 15.7. The Labute approximate surface area is 490 Å². The molecular formula is C61H77BClF11N7O3. The van der Waals surface area contributed by atoms with Crippen LogP contribution in [0.4, 0.5) is 54.0 Å². The number of rotatable bonds is 21. The third kappa shape index (κ3) is 16.6. The Morgan fingerprint density at radius 1 is 0.869 bits per heavy atom. The largest absolute Gasteiger partial charge is 0.376 e. The van der Waals surface area contributed by atoms with E-state index < -0.39 is 114 Å². The third-order valence-electron chi connectivity index (χ3n) is 15.3. The lowest BCUT2D eigenvalue weighted by Crippen LogP contribution is -2.34. The summed E-state index contributed by atoms with van der Waals surface area (Å²) in [5.74, 6) is -10.2. The van der Waals surface area contributed by atoms with Crippen molar-refractivity contribution in [1.82, 2.24) is 24.3 Å². The van der Waals surface area contributed by atoms with Gasteiger partial charge in [0.1, 0.15) is 54.3 Å². The van der Waals surface area contributed by atoms with E-state index in [0.717, 1.165) is 17.2 Å². The molecule has 0 saturated heterocycles. The van der Waals surface area contributed by atoms with E-state index >= 15 is 4.39 Å². The minimum absolute atomic E-state index is 0.0266. The highest BCUT2D eigenvalue weighted by Crippen LogP contribution is 2.68. The number of halogens is 12. The molecule has 5 aromatic rings. The molecule has 8 rings (SSSR count). The molecule has 6 unspecified atom stereocenters. The maximum Gasteiger partial charge on any atom is 0.293 e. The van der Waals surface area contributed by atoms with Gasteiger partial charge in [-0.2, -0.15) is 13.9 Å². The monoisotopic (exact) mass is 1210 g/mol. The maximum absolute atomic E-state index is 16.3. The SMILES string of the molecule is CC(=O)Cn1nc(C(F)F)c2c1C(F)(F)C1CC21.CCC(C)CC(F)CC(F)CC.CCCC(=N)c1c(Cl)ccc(-n2c(C(Cc3cc(F)cc(F)c3)C(C)C)nc3nc(C4(F)CCC(F)(F)CC4)cc(C)c3c2=O)c1NCC(C)=O.C[B]C. The summed E-state index contributed by atoms with van der Waals surface area (Å²) in [6, 6.07) is 7.66. The molecule has 10 nitrogen and oxygen atoms in total. The normalized spacial score (nSPS) is 18.4. The zero-order valence-corrected chi connectivity index (χ0v) is 50.3. The molecule has 0 amide bonds. The molecule has 2 fully saturated rings. The van der Waals surface area contributed by atoms with E-state index in [1.165, 1.54) is 36.6 Å². The van der Waals surface area contributed by atoms with Gasteiger partial charge in [0.15, 0.2) is 17.1 Å². The first kappa shape index (κ1) is 69.1. The molecule has 2 N–H and O–H groups in total. The van der Waals surface area contributed by atoms with E-state index in [1.54, 1.807) is 26.0 Å². The number of aryl methyl sites for hydroxylation is 1. The molecule has 0 spiro atoms. The fraction of sp³-hybridized carbons (Fsp3) is 0.590. The van der Waals surface area contributed by atoms with Crippen LogP contribution >= 0.6 is 11.6 Å². The van der Waals surface area contributed by atoms with Crippen molar-refractivity contribution in [1.29, 1.82) is 5.41 Å². The summed E-state index contributed by atoms with van der Waals surface area (Å²) >= 11 is 6.67. The zero-order chi connectivity index (χ0) is 62.9. The number of fused-ring (bicyclic) bond motifs is 4. The number of hydrogen-bond acceptors (Lipinski definition) is 8. The van der Waals surface area contributed by atoms with Crippen molar-refractivity contribution in [3.63, 3.8) is 0 Å². The highest BCUT2D eigenvalue weighted by molar-refractivity contribution is 6.35. The lowest BCUT2D eigenvalue weighted by molar-refractivity contribution is -0.118. The van der Waals surface area contributed by atoms with E-state index in [1.807, 2.05) is 55.5 Å². The number of nitrogens with zero attached hydrogens (tertiary/aromatic N) is 5. The minimum Gasteiger partial charge on any atom is -0.376 e. The fourth-order valence-corrected chi connectivity index (χ4v) is 11.0. The number of pyridine rings is 1. The van der Waals surface area contributed by atoms with Gasteiger partial charge in [-0.3, -0.25) is 23.6 Å². The Kier molecular flexibility index (Phi) is 24.0. The number of Topliss-reactive ketones (excluding diaryl/α,β-unsaturated/α-hetero) is 2. The van der Waals surface area contributed by atoms with Crippen LogP contribution in [0.1, 0.15) is 189 Å². The topological polar surface area (TPSA) is 136 Å². The van der Waals surface area contributed by atoms with Crippen molar-refractivity contribution < 1.29 is 57.9 Å². The van der Waals surface area contributed by atoms with Crippen molar-refractivity contribution in [2.75, 3.05) is 11.9 Å². The van der Waals surface area contributed by atoms with Crippen molar-refractivity contribution in [2.24, 2.45) is 17.8 Å². The number of carbonyl (C=O) groups is 2. The molecule has 461 valence electrons. The number of anilines is 1. The first-order valence-corrected chi connectivity index (χ1v) is 29.1. The number of benzene rings is 2. The Hall–Kier alpha value is -5.67. The fourth-order valence-electron chi connectivity index (χ4n) is 10.7. The van der Waals surface area contributed by atoms with Crippen LogP contribution in [-0.4, -0.2) is 73.7 Å². The lowest BCUT2D eigenvalue weighted by Gasteiger charge is -2.33. The van der Waals surface area contributed by atoms with Gasteiger partial charge in [0.05, 0.1) is 40.6 Å². The van der Waals surface area contributed by atoms with Gasteiger partial charge in [-0.25, -0.2) is 49.5 Å². The van der Waals surface area contributed by atoms with E-state index in [0.29, 0.717) is 48.3 Å². The van der Waals surface area contributed by atoms with Crippen LogP contribution < -0.4 is 10.9 Å². The summed E-state index contributed by atoms with van der Waals surface area (Å²) in [4.78, 5) is 47.5. The average molecular weight is 1210 g/mol. The number of alkyl halides is 9. The Balaban J connectivity index is 0.000000315. The van der Waals surface area contributed by atoms with Gasteiger partial charge >= 0.3 is 0 Å². The second kappa shape index (κ2) is 29.1. The van der Waals surface area contributed by atoms with E-state index in [2.05, 4.69) is 15.4 Å². The number of hydrogen-bond donors (Lipinski definition) is 2. The van der Waals surface area contributed by atoms with Gasteiger partial charge in [0.2, 0.25) is 5.92 Å². The molecule has 1 radical (unpaired) electrons. The molecule has 3 aliphatic rings. The molecule has 0 bridgehead atoms. The standard InChI is InChI=1S/C38H41ClF5N5O2.C11H10F4N2O.C10H20F2.C2H6B/c1-6-7-28(45)32-27(39)8-9-29(33(32)46-19-22(5)50)49-35(26(20(2)3)17-23-15-24(40)18-25(41)16-23)48-34-31(36(49)51)21(4)14-30(47-34)37(42)10-12-38(43,44)13-11-37;1-4(18)3-17-9-7(8(16-17)10(12)13)5-2-6(5)11(9,14)15;1-4-8(3)6-10(12)7-9(11)5-2;1-3-2/h8-9,14-16,18,20,26,45-46H,6-7,10-13,17,19H2,1-5H3;5-6,10H,2-3H2,1H3;8-10H,4-7H2,1-3H3;1-2H3. The van der Waals surface area contributed by atoms with Crippen LogP contribution in [0.25, 0.3) is 16.7 Å². The molecular weight excluding hydrogens is 1130 g/mol. The van der Waals surface area contributed by atoms with Crippen molar-refractivity contribution in [3.8, 4) is 5.69 Å². The number of aromatic nitrogens is 5. The Bertz CT molecular complexity index is 3150. The van der Waals surface area contributed by atoms with Gasteiger partial charge in [-0.1, -0.05) is 79.6 Å². The summed E-state index contributed by atoms with van der Waals surface area (Å²) in [6.45, 7) is 19.1. The third-order valence-corrected chi connectivity index (χ3v) is 15.7. The second-order valence-electron chi connectivity index (χ2n) is 22.9. The summed E-state index contributed by atoms with van der Waals surface area (Å²) < 4.78 is 155. The van der Waals surface area contributed by atoms with E-state index in [9.17, 15) is 58.3 Å². The molecule has 3 heterocycles. The maximum atomic E-state index is 16.3. The van der Waals surface area contributed by atoms with Crippen molar-refractivity contribution in [3.05, 3.63) is 109 Å². The Morgan fingerprint density at radius 3 is 2.02 bits per heavy atom. The predicted octanol–water partition coefficient (Wildman–Crippen LogP) is 16.9. The molecule has 0 aliphatic heterocycles. The van der Waals surface area contributed by atoms with Crippen LogP contribution in [-0.2, 0) is 34.1 Å². The van der Waals surface area contributed by atoms with Crippen molar-refractivity contribution in [2.45, 2.75) is 208 Å². The van der Waals surface area contributed by atoms with Crippen molar-refractivity contribution >= 4 is 52.9 Å². The van der Waals surface area contributed by atoms with Crippen LogP contribution in [0.3, 0.4) is 0 Å². The molecule has 6 atom stereocenters. The zero-order valence-electron chi connectivity index (χ0n) is 49.6.